The van der Waals surface area contributed by atoms with E-state index in [4.69, 9.17) is 21.1 Å². The Morgan fingerprint density at radius 1 is 1.48 bits per heavy atom. The summed E-state index contributed by atoms with van der Waals surface area (Å²) in [5, 5.41) is 0.681. The molecule has 23 heavy (non-hydrogen) atoms. The van der Waals surface area contributed by atoms with Gasteiger partial charge in [-0.25, -0.2) is 4.79 Å². The van der Waals surface area contributed by atoms with Crippen LogP contribution in [0.4, 0.5) is 4.79 Å². The van der Waals surface area contributed by atoms with Gasteiger partial charge in [-0.15, -0.1) is 0 Å². The van der Waals surface area contributed by atoms with Gasteiger partial charge in [0.15, 0.2) is 0 Å². The Kier molecular flexibility index (Phi) is 6.34. The lowest BCUT2D eigenvalue weighted by molar-refractivity contribution is 0.0144. The highest BCUT2D eigenvalue weighted by Crippen LogP contribution is 2.24. The van der Waals surface area contributed by atoms with Gasteiger partial charge >= 0.3 is 6.09 Å². The Labute approximate surface area is 151 Å². The van der Waals surface area contributed by atoms with Crippen molar-refractivity contribution in [3.63, 3.8) is 0 Å². The fourth-order valence-corrected chi connectivity index (χ4v) is 2.89. The van der Waals surface area contributed by atoms with E-state index in [2.05, 4.69) is 15.9 Å². The van der Waals surface area contributed by atoms with Crippen LogP contribution in [0.5, 0.6) is 0 Å². The summed E-state index contributed by atoms with van der Waals surface area (Å²) in [6, 6.07) is 5.87. The van der Waals surface area contributed by atoms with Gasteiger partial charge in [0.1, 0.15) is 5.60 Å². The number of carbonyl (C=O) groups is 1. The van der Waals surface area contributed by atoms with Crippen LogP contribution in [-0.2, 0) is 15.9 Å². The molecule has 1 aliphatic rings. The second-order valence-electron chi connectivity index (χ2n) is 6.73. The summed E-state index contributed by atoms with van der Waals surface area (Å²) in [6.45, 7) is 7.46. The van der Waals surface area contributed by atoms with Crippen molar-refractivity contribution in [1.82, 2.24) is 4.90 Å². The highest BCUT2D eigenvalue weighted by Gasteiger charge is 2.27. The molecule has 2 rings (SSSR count). The lowest BCUT2D eigenvalue weighted by Gasteiger charge is -2.28. The van der Waals surface area contributed by atoms with Crippen molar-refractivity contribution in [2.75, 3.05) is 19.7 Å². The third-order valence-corrected chi connectivity index (χ3v) is 4.68. The molecule has 1 aromatic carbocycles. The highest BCUT2D eigenvalue weighted by molar-refractivity contribution is 9.10. The summed E-state index contributed by atoms with van der Waals surface area (Å²) in [7, 11) is 0. The van der Waals surface area contributed by atoms with E-state index < -0.39 is 5.60 Å². The van der Waals surface area contributed by atoms with E-state index >= 15 is 0 Å². The van der Waals surface area contributed by atoms with Crippen LogP contribution in [0.25, 0.3) is 0 Å². The molecule has 1 fully saturated rings. The van der Waals surface area contributed by atoms with Gasteiger partial charge in [0.25, 0.3) is 0 Å². The number of ether oxygens (including phenoxy) is 2. The third kappa shape index (κ3) is 5.98. The fourth-order valence-electron chi connectivity index (χ4n) is 2.44. The smallest absolute Gasteiger partial charge is 0.410 e. The molecule has 0 aliphatic carbocycles. The summed E-state index contributed by atoms with van der Waals surface area (Å²) in [5.74, 6) is 0. The van der Waals surface area contributed by atoms with Crippen molar-refractivity contribution in [1.29, 1.82) is 0 Å². The first-order chi connectivity index (χ1) is 10.7. The third-order valence-electron chi connectivity index (χ3n) is 3.45. The Hall–Kier alpha value is -0.780. The maximum absolute atomic E-state index is 12.3. The van der Waals surface area contributed by atoms with Crippen molar-refractivity contribution in [3.05, 3.63) is 33.3 Å². The van der Waals surface area contributed by atoms with Crippen molar-refractivity contribution in [2.24, 2.45) is 0 Å². The zero-order valence-electron chi connectivity index (χ0n) is 13.8. The van der Waals surface area contributed by atoms with Crippen LogP contribution < -0.4 is 0 Å². The van der Waals surface area contributed by atoms with Crippen molar-refractivity contribution in [2.45, 2.75) is 45.3 Å². The predicted molar refractivity (Wildman–Crippen MR) is 95.0 cm³/mol. The van der Waals surface area contributed by atoms with Gasteiger partial charge in [-0.3, -0.25) is 0 Å². The average Bonchev–Trinajstić information content (AvgIpc) is 2.67. The second kappa shape index (κ2) is 7.86. The maximum Gasteiger partial charge on any atom is 0.410 e. The molecule has 0 N–H and O–H groups in total. The number of amides is 1. The topological polar surface area (TPSA) is 38.8 Å². The number of hydrogen-bond donors (Lipinski definition) is 0. The number of nitrogens with zero attached hydrogens (tertiary/aromatic N) is 1. The zero-order chi connectivity index (χ0) is 17.0. The second-order valence-corrected chi connectivity index (χ2v) is 7.99. The lowest BCUT2D eigenvalue weighted by Crippen LogP contribution is -2.41. The molecule has 1 saturated heterocycles. The quantitative estimate of drug-likeness (QED) is 0.719. The van der Waals surface area contributed by atoms with Crippen LogP contribution in [-0.4, -0.2) is 42.4 Å². The van der Waals surface area contributed by atoms with E-state index in [0.29, 0.717) is 31.1 Å². The molecule has 0 aromatic heterocycles. The largest absolute Gasteiger partial charge is 0.444 e. The first kappa shape index (κ1) is 18.6. The molecule has 0 spiro atoms. The first-order valence-corrected chi connectivity index (χ1v) is 8.95. The van der Waals surface area contributed by atoms with Crippen LogP contribution in [0.1, 0.15) is 32.8 Å². The Morgan fingerprint density at radius 3 is 2.87 bits per heavy atom. The molecule has 0 saturated carbocycles. The first-order valence-electron chi connectivity index (χ1n) is 7.78. The minimum Gasteiger partial charge on any atom is -0.444 e. The van der Waals surface area contributed by atoms with Crippen LogP contribution >= 0.6 is 27.5 Å². The molecular weight excluding hydrogens is 382 g/mol. The Morgan fingerprint density at radius 2 is 2.22 bits per heavy atom. The van der Waals surface area contributed by atoms with Crippen LogP contribution in [0, 0.1) is 0 Å². The summed E-state index contributed by atoms with van der Waals surface area (Å²) < 4.78 is 12.2. The van der Waals surface area contributed by atoms with Gasteiger partial charge in [-0.2, -0.15) is 0 Å². The molecular formula is C17H23BrClNO3. The zero-order valence-corrected chi connectivity index (χ0v) is 16.1. The normalized spacial score (nSPS) is 19.3. The summed E-state index contributed by atoms with van der Waals surface area (Å²) in [5.41, 5.74) is 0.605. The SMILES string of the molecule is CC(C)(C)OC(=O)N1CCCOC(Cc2ccc(Br)c(Cl)c2)C1. The number of rotatable bonds is 2. The van der Waals surface area contributed by atoms with Crippen LogP contribution in [0.2, 0.25) is 5.02 Å². The molecule has 128 valence electrons. The number of halogens is 2. The van der Waals surface area contributed by atoms with E-state index in [-0.39, 0.29) is 12.2 Å². The summed E-state index contributed by atoms with van der Waals surface area (Å²) in [4.78, 5) is 14.0. The van der Waals surface area contributed by atoms with E-state index in [1.807, 2.05) is 39.0 Å². The minimum atomic E-state index is -0.487. The minimum absolute atomic E-state index is 0.0535. The molecule has 0 bridgehead atoms. The Balaban J connectivity index is 2.01. The van der Waals surface area contributed by atoms with Gasteiger partial charge in [-0.1, -0.05) is 17.7 Å². The van der Waals surface area contributed by atoms with Crippen molar-refractivity contribution in [3.8, 4) is 0 Å². The predicted octanol–water partition coefficient (Wildman–Crippen LogP) is 4.67. The van der Waals surface area contributed by atoms with Gasteiger partial charge in [-0.05, 0) is 60.8 Å². The Bertz CT molecular complexity index is 559. The van der Waals surface area contributed by atoms with Crippen LogP contribution in [0.15, 0.2) is 22.7 Å². The van der Waals surface area contributed by atoms with Gasteiger partial charge in [0.2, 0.25) is 0 Å². The molecule has 1 atom stereocenters. The number of hydrogen-bond acceptors (Lipinski definition) is 3. The van der Waals surface area contributed by atoms with Crippen molar-refractivity contribution < 1.29 is 14.3 Å². The number of carbonyl (C=O) groups excluding carboxylic acids is 1. The van der Waals surface area contributed by atoms with Gasteiger partial charge in [0, 0.05) is 24.0 Å². The maximum atomic E-state index is 12.3. The van der Waals surface area contributed by atoms with E-state index in [1.165, 1.54) is 0 Å². The molecule has 1 amide bonds. The summed E-state index contributed by atoms with van der Waals surface area (Å²) >= 11 is 9.53. The van der Waals surface area contributed by atoms with Crippen molar-refractivity contribution >= 4 is 33.6 Å². The number of benzene rings is 1. The molecule has 4 nitrogen and oxygen atoms in total. The highest BCUT2D eigenvalue weighted by atomic mass is 79.9. The summed E-state index contributed by atoms with van der Waals surface area (Å²) in [6.07, 6.45) is 1.20. The molecule has 6 heteroatoms. The van der Waals surface area contributed by atoms with E-state index in [0.717, 1.165) is 16.5 Å². The van der Waals surface area contributed by atoms with Gasteiger partial charge in [0.05, 0.1) is 17.7 Å². The van der Waals surface area contributed by atoms with Crippen LogP contribution in [0.3, 0.4) is 0 Å². The monoisotopic (exact) mass is 403 g/mol. The molecule has 1 heterocycles. The average molecular weight is 405 g/mol. The molecule has 1 aromatic rings. The van der Waals surface area contributed by atoms with Gasteiger partial charge < -0.3 is 14.4 Å². The lowest BCUT2D eigenvalue weighted by atomic mass is 10.1. The molecule has 0 radical (unpaired) electrons. The van der Waals surface area contributed by atoms with E-state index in [1.54, 1.807) is 4.90 Å². The molecule has 1 aliphatic heterocycles. The molecule has 1 unspecified atom stereocenters. The standard InChI is InChI=1S/C17H23BrClNO3/c1-17(2,3)23-16(21)20-7-4-8-22-13(11-20)9-12-5-6-14(18)15(19)10-12/h5-6,10,13H,4,7-9,11H2,1-3H3. The fraction of sp³-hybridized carbons (Fsp3) is 0.588. The van der Waals surface area contributed by atoms with E-state index in [9.17, 15) is 4.79 Å².